The highest BCUT2D eigenvalue weighted by molar-refractivity contribution is 5.41. The van der Waals surface area contributed by atoms with Crippen molar-refractivity contribution in [3.63, 3.8) is 0 Å². The Morgan fingerprint density at radius 3 is 1.92 bits per heavy atom. The summed E-state index contributed by atoms with van der Waals surface area (Å²) in [4.78, 5) is 0. The number of benzene rings is 1. The molecule has 1 aromatic rings. The van der Waals surface area contributed by atoms with Crippen LogP contribution in [-0.2, 0) is 12.8 Å². The third-order valence-electron chi connectivity index (χ3n) is 4.95. The van der Waals surface area contributed by atoms with Gasteiger partial charge in [0, 0.05) is 12.8 Å². The van der Waals surface area contributed by atoms with E-state index in [1.54, 1.807) is 0 Å². The summed E-state index contributed by atoms with van der Waals surface area (Å²) in [5.41, 5.74) is 2.73. The summed E-state index contributed by atoms with van der Waals surface area (Å²) in [5, 5.41) is 11.1. The zero-order valence-electron chi connectivity index (χ0n) is 17.1. The van der Waals surface area contributed by atoms with E-state index < -0.39 is 5.79 Å². The van der Waals surface area contributed by atoms with Crippen molar-refractivity contribution in [1.82, 2.24) is 0 Å². The standard InChI is InChI=1S/C23H40O2/c1-5-9-14-20-15-13-17-22(21(20)16-10-6-2)25-23(24,18-11-7-3)19-12-8-4/h13,15,17,24H,5-12,14,16,18-19H2,1-4H3. The van der Waals surface area contributed by atoms with Gasteiger partial charge in [-0.15, -0.1) is 0 Å². The number of rotatable bonds is 14. The molecule has 0 bridgehead atoms. The molecule has 25 heavy (non-hydrogen) atoms. The van der Waals surface area contributed by atoms with Crippen LogP contribution in [0.1, 0.15) is 103 Å². The van der Waals surface area contributed by atoms with Gasteiger partial charge in [-0.25, -0.2) is 0 Å². The van der Waals surface area contributed by atoms with Crippen molar-refractivity contribution in [3.05, 3.63) is 29.3 Å². The molecule has 0 fully saturated rings. The first kappa shape index (κ1) is 22.0. The van der Waals surface area contributed by atoms with Gasteiger partial charge in [0.05, 0.1) is 0 Å². The van der Waals surface area contributed by atoms with E-state index in [0.717, 1.165) is 57.1 Å². The van der Waals surface area contributed by atoms with Crippen LogP contribution in [0.4, 0.5) is 0 Å². The average Bonchev–Trinajstić information content (AvgIpc) is 2.62. The van der Waals surface area contributed by atoms with Crippen molar-refractivity contribution in [2.24, 2.45) is 0 Å². The van der Waals surface area contributed by atoms with Gasteiger partial charge < -0.3 is 9.84 Å². The van der Waals surface area contributed by atoms with Crippen LogP contribution in [-0.4, -0.2) is 10.9 Å². The first-order valence-electron chi connectivity index (χ1n) is 10.6. The number of aliphatic hydroxyl groups is 1. The third-order valence-corrected chi connectivity index (χ3v) is 4.95. The van der Waals surface area contributed by atoms with E-state index in [0.29, 0.717) is 0 Å². The van der Waals surface area contributed by atoms with Crippen molar-refractivity contribution >= 4 is 0 Å². The lowest BCUT2D eigenvalue weighted by molar-refractivity contribution is -0.150. The number of aryl methyl sites for hydroxylation is 1. The van der Waals surface area contributed by atoms with Gasteiger partial charge in [0.2, 0.25) is 5.79 Å². The summed E-state index contributed by atoms with van der Waals surface area (Å²) >= 11 is 0. The molecule has 0 aliphatic rings. The minimum Gasteiger partial charge on any atom is -0.462 e. The summed E-state index contributed by atoms with van der Waals surface area (Å²) in [6, 6.07) is 6.39. The molecular formula is C23H40O2. The van der Waals surface area contributed by atoms with Gasteiger partial charge in [0.15, 0.2) is 0 Å². The molecule has 144 valence electrons. The molecule has 0 atom stereocenters. The summed E-state index contributed by atoms with van der Waals surface area (Å²) < 4.78 is 6.31. The minimum absolute atomic E-state index is 0.718. The zero-order valence-corrected chi connectivity index (χ0v) is 17.1. The van der Waals surface area contributed by atoms with Gasteiger partial charge in [-0.1, -0.05) is 65.5 Å². The van der Waals surface area contributed by atoms with E-state index >= 15 is 0 Å². The summed E-state index contributed by atoms with van der Waals surface area (Å²) in [7, 11) is 0. The molecule has 1 N–H and O–H groups in total. The molecule has 0 heterocycles. The maximum absolute atomic E-state index is 11.1. The highest BCUT2D eigenvalue weighted by Gasteiger charge is 2.29. The lowest BCUT2D eigenvalue weighted by Crippen LogP contribution is -2.36. The molecule has 1 rings (SSSR count). The summed E-state index contributed by atoms with van der Waals surface area (Å²) in [5.74, 6) is -0.104. The number of unbranched alkanes of at least 4 members (excludes halogenated alkanes) is 4. The maximum Gasteiger partial charge on any atom is 0.208 e. The fourth-order valence-electron chi connectivity index (χ4n) is 3.28. The molecule has 0 amide bonds. The molecule has 0 unspecified atom stereocenters. The number of ether oxygens (including phenoxy) is 1. The van der Waals surface area contributed by atoms with Crippen molar-refractivity contribution in [2.75, 3.05) is 0 Å². The molecule has 0 saturated carbocycles. The molecule has 2 nitrogen and oxygen atoms in total. The van der Waals surface area contributed by atoms with Crippen LogP contribution in [0.3, 0.4) is 0 Å². The molecule has 0 saturated heterocycles. The smallest absolute Gasteiger partial charge is 0.208 e. The summed E-state index contributed by atoms with van der Waals surface area (Å²) in [6.45, 7) is 8.80. The van der Waals surface area contributed by atoms with Crippen LogP contribution in [0.15, 0.2) is 18.2 Å². The fourth-order valence-corrected chi connectivity index (χ4v) is 3.28. The second kappa shape index (κ2) is 12.4. The van der Waals surface area contributed by atoms with Gasteiger partial charge in [-0.05, 0) is 55.7 Å². The first-order valence-corrected chi connectivity index (χ1v) is 10.6. The molecular weight excluding hydrogens is 308 g/mol. The van der Waals surface area contributed by atoms with E-state index in [4.69, 9.17) is 4.74 Å². The average molecular weight is 349 g/mol. The predicted molar refractivity (Wildman–Crippen MR) is 108 cm³/mol. The SMILES string of the molecule is CCCCc1cccc(OC(O)(CCCC)CCCC)c1CCCC. The Morgan fingerprint density at radius 1 is 0.800 bits per heavy atom. The highest BCUT2D eigenvalue weighted by Crippen LogP contribution is 2.32. The first-order chi connectivity index (χ1) is 12.1. The lowest BCUT2D eigenvalue weighted by Gasteiger charge is -2.31. The van der Waals surface area contributed by atoms with Gasteiger partial charge in [-0.2, -0.15) is 0 Å². The molecule has 1 aromatic carbocycles. The largest absolute Gasteiger partial charge is 0.462 e. The van der Waals surface area contributed by atoms with Gasteiger partial charge in [-0.3, -0.25) is 0 Å². The molecule has 0 spiro atoms. The van der Waals surface area contributed by atoms with Crippen LogP contribution < -0.4 is 4.74 Å². The Balaban J connectivity index is 3.04. The Bertz CT molecular complexity index is 459. The Morgan fingerprint density at radius 2 is 1.36 bits per heavy atom. The summed E-state index contributed by atoms with van der Waals surface area (Å²) in [6.07, 6.45) is 12.5. The predicted octanol–water partition coefficient (Wildman–Crippen LogP) is 6.82. The minimum atomic E-state index is -1.02. The molecule has 2 heteroatoms. The van der Waals surface area contributed by atoms with Gasteiger partial charge >= 0.3 is 0 Å². The van der Waals surface area contributed by atoms with Crippen LogP contribution >= 0.6 is 0 Å². The zero-order chi connectivity index (χ0) is 18.5. The van der Waals surface area contributed by atoms with Crippen LogP contribution in [0, 0.1) is 0 Å². The van der Waals surface area contributed by atoms with E-state index in [-0.39, 0.29) is 0 Å². The molecule has 0 aliphatic heterocycles. The second-order valence-electron chi connectivity index (χ2n) is 7.36. The Labute approximate surface area is 156 Å². The molecule has 0 aliphatic carbocycles. The highest BCUT2D eigenvalue weighted by atomic mass is 16.6. The van der Waals surface area contributed by atoms with E-state index in [1.807, 2.05) is 0 Å². The normalized spacial score (nSPS) is 11.7. The quantitative estimate of drug-likeness (QED) is 0.374. The fraction of sp³-hybridized carbons (Fsp3) is 0.739. The van der Waals surface area contributed by atoms with E-state index in [2.05, 4.69) is 45.9 Å². The second-order valence-corrected chi connectivity index (χ2v) is 7.36. The van der Waals surface area contributed by atoms with E-state index in [1.165, 1.54) is 36.8 Å². The van der Waals surface area contributed by atoms with Crippen LogP contribution in [0.25, 0.3) is 0 Å². The van der Waals surface area contributed by atoms with Gasteiger partial charge in [0.1, 0.15) is 5.75 Å². The van der Waals surface area contributed by atoms with E-state index in [9.17, 15) is 5.11 Å². The lowest BCUT2D eigenvalue weighted by atomic mass is 9.96. The molecule has 0 radical (unpaired) electrons. The van der Waals surface area contributed by atoms with Crippen LogP contribution in [0.5, 0.6) is 5.75 Å². The van der Waals surface area contributed by atoms with Crippen molar-refractivity contribution < 1.29 is 9.84 Å². The van der Waals surface area contributed by atoms with Crippen molar-refractivity contribution in [3.8, 4) is 5.75 Å². The number of hydrogen-bond donors (Lipinski definition) is 1. The molecule has 0 aromatic heterocycles. The monoisotopic (exact) mass is 348 g/mol. The van der Waals surface area contributed by atoms with Crippen molar-refractivity contribution in [1.29, 1.82) is 0 Å². The van der Waals surface area contributed by atoms with Crippen molar-refractivity contribution in [2.45, 2.75) is 111 Å². The third kappa shape index (κ3) is 7.81. The van der Waals surface area contributed by atoms with Gasteiger partial charge in [0.25, 0.3) is 0 Å². The maximum atomic E-state index is 11.1. The van der Waals surface area contributed by atoms with Crippen LogP contribution in [0.2, 0.25) is 0 Å². The number of hydrogen-bond acceptors (Lipinski definition) is 2. The Hall–Kier alpha value is -1.02. The topological polar surface area (TPSA) is 29.5 Å². The Kier molecular flexibility index (Phi) is 10.9.